The van der Waals surface area contributed by atoms with Gasteiger partial charge in [0, 0.05) is 6.92 Å². The zero-order valence-corrected chi connectivity index (χ0v) is 10.8. The minimum atomic E-state index is -1.42. The number of carboxylic acid groups (broad SMARTS) is 1. The Bertz CT molecular complexity index is 651. The van der Waals surface area contributed by atoms with E-state index < -0.39 is 11.5 Å². The smallest absolute Gasteiger partial charge is 0.333 e. The molecular formula is C15H15NO3. The lowest BCUT2D eigenvalue weighted by atomic mass is 9.90. The molecule has 0 fully saturated rings. The first-order valence-corrected chi connectivity index (χ1v) is 5.95. The van der Waals surface area contributed by atoms with Gasteiger partial charge in [-0.15, -0.1) is 0 Å². The van der Waals surface area contributed by atoms with Crippen LogP contribution in [0.4, 0.5) is 0 Å². The van der Waals surface area contributed by atoms with Crippen LogP contribution in [0.3, 0.4) is 0 Å². The average molecular weight is 257 g/mol. The van der Waals surface area contributed by atoms with E-state index >= 15 is 0 Å². The fourth-order valence-electron chi connectivity index (χ4n) is 2.10. The van der Waals surface area contributed by atoms with Crippen molar-refractivity contribution in [3.05, 3.63) is 48.0 Å². The highest BCUT2D eigenvalue weighted by molar-refractivity contribution is 5.90. The summed E-state index contributed by atoms with van der Waals surface area (Å²) >= 11 is 0. The topological polar surface area (TPSA) is 66.4 Å². The first kappa shape index (κ1) is 13.1. The third kappa shape index (κ3) is 2.42. The van der Waals surface area contributed by atoms with E-state index in [9.17, 15) is 14.7 Å². The van der Waals surface area contributed by atoms with Gasteiger partial charge in [0.2, 0.25) is 5.91 Å². The highest BCUT2D eigenvalue weighted by Gasteiger charge is 2.36. The van der Waals surface area contributed by atoms with Crippen LogP contribution in [-0.2, 0) is 15.1 Å². The monoisotopic (exact) mass is 257 g/mol. The Balaban J connectivity index is 2.56. The van der Waals surface area contributed by atoms with Crippen LogP contribution in [0.25, 0.3) is 10.8 Å². The van der Waals surface area contributed by atoms with Crippen molar-refractivity contribution in [3.63, 3.8) is 0 Å². The van der Waals surface area contributed by atoms with E-state index in [0.717, 1.165) is 10.8 Å². The molecule has 98 valence electrons. The fraction of sp³-hybridized carbons (Fsp3) is 0.200. The van der Waals surface area contributed by atoms with Crippen molar-refractivity contribution in [1.29, 1.82) is 0 Å². The molecule has 4 heteroatoms. The number of fused-ring (bicyclic) bond motifs is 1. The molecule has 1 unspecified atom stereocenters. The Hall–Kier alpha value is -2.36. The van der Waals surface area contributed by atoms with Crippen LogP contribution in [0.2, 0.25) is 0 Å². The number of carbonyl (C=O) groups excluding carboxylic acids is 1. The van der Waals surface area contributed by atoms with E-state index in [0.29, 0.717) is 5.56 Å². The largest absolute Gasteiger partial charge is 0.479 e. The maximum Gasteiger partial charge on any atom is 0.333 e. The molecule has 4 nitrogen and oxygen atoms in total. The molecule has 0 aliphatic heterocycles. The zero-order chi connectivity index (χ0) is 14.0. The molecule has 1 atom stereocenters. The fourth-order valence-corrected chi connectivity index (χ4v) is 2.10. The Morgan fingerprint density at radius 3 is 2.32 bits per heavy atom. The maximum absolute atomic E-state index is 11.5. The van der Waals surface area contributed by atoms with Crippen molar-refractivity contribution >= 4 is 22.6 Å². The van der Waals surface area contributed by atoms with Crippen molar-refractivity contribution in [3.8, 4) is 0 Å². The Morgan fingerprint density at radius 2 is 1.74 bits per heavy atom. The van der Waals surface area contributed by atoms with E-state index in [2.05, 4.69) is 5.32 Å². The van der Waals surface area contributed by atoms with Gasteiger partial charge in [-0.05, 0) is 29.3 Å². The first-order chi connectivity index (χ1) is 8.93. The van der Waals surface area contributed by atoms with E-state index in [1.165, 1.54) is 13.8 Å². The van der Waals surface area contributed by atoms with Gasteiger partial charge in [-0.2, -0.15) is 0 Å². The number of aliphatic carboxylic acids is 1. The molecule has 2 rings (SSSR count). The van der Waals surface area contributed by atoms with Crippen LogP contribution < -0.4 is 5.32 Å². The third-order valence-electron chi connectivity index (χ3n) is 3.18. The number of rotatable bonds is 3. The summed E-state index contributed by atoms with van der Waals surface area (Å²) in [7, 11) is 0. The standard InChI is InChI=1S/C15H15NO3/c1-10(17)16-15(2,14(18)19)13-8-7-11-5-3-4-6-12(11)9-13/h3-9H,1-2H3,(H,16,17)(H,18,19). The molecule has 0 aliphatic carbocycles. The van der Waals surface area contributed by atoms with Crippen LogP contribution in [0.1, 0.15) is 19.4 Å². The highest BCUT2D eigenvalue weighted by atomic mass is 16.4. The summed E-state index contributed by atoms with van der Waals surface area (Å²) in [4.78, 5) is 22.7. The van der Waals surface area contributed by atoms with Gasteiger partial charge < -0.3 is 10.4 Å². The quantitative estimate of drug-likeness (QED) is 0.886. The summed E-state index contributed by atoms with van der Waals surface area (Å²) in [5, 5.41) is 13.9. The van der Waals surface area contributed by atoms with Crippen molar-refractivity contribution in [2.24, 2.45) is 0 Å². The molecule has 0 radical (unpaired) electrons. The van der Waals surface area contributed by atoms with Crippen molar-refractivity contribution in [2.45, 2.75) is 19.4 Å². The van der Waals surface area contributed by atoms with Crippen molar-refractivity contribution in [1.82, 2.24) is 5.32 Å². The number of carbonyl (C=O) groups is 2. The molecule has 2 aromatic rings. The Kier molecular flexibility index (Phi) is 3.25. The number of nitrogens with one attached hydrogen (secondary N) is 1. The molecule has 2 N–H and O–H groups in total. The number of hydrogen-bond donors (Lipinski definition) is 2. The summed E-state index contributed by atoms with van der Waals surface area (Å²) in [6, 6.07) is 13.1. The maximum atomic E-state index is 11.5. The molecule has 0 aromatic heterocycles. The third-order valence-corrected chi connectivity index (χ3v) is 3.18. The summed E-state index contributed by atoms with van der Waals surface area (Å²) in [6.45, 7) is 2.79. The van der Waals surface area contributed by atoms with Gasteiger partial charge >= 0.3 is 5.97 Å². The van der Waals surface area contributed by atoms with Crippen LogP contribution in [0.5, 0.6) is 0 Å². The lowest BCUT2D eigenvalue weighted by Gasteiger charge is -2.26. The van der Waals surface area contributed by atoms with E-state index in [4.69, 9.17) is 0 Å². The Labute approximate surface area is 111 Å². The molecule has 0 spiro atoms. The normalized spacial score (nSPS) is 13.8. The molecule has 1 amide bonds. The molecule has 0 heterocycles. The second kappa shape index (κ2) is 4.72. The predicted molar refractivity (Wildman–Crippen MR) is 72.8 cm³/mol. The predicted octanol–water partition coefficient (Wildman–Crippen LogP) is 2.28. The molecule has 19 heavy (non-hydrogen) atoms. The second-order valence-corrected chi connectivity index (χ2v) is 4.67. The summed E-state index contributed by atoms with van der Waals surface area (Å²) in [5.41, 5.74) is -0.871. The van der Waals surface area contributed by atoms with E-state index in [1.807, 2.05) is 30.3 Å². The second-order valence-electron chi connectivity index (χ2n) is 4.67. The summed E-state index contributed by atoms with van der Waals surface area (Å²) < 4.78 is 0. The lowest BCUT2D eigenvalue weighted by molar-refractivity contribution is -0.147. The minimum Gasteiger partial charge on any atom is -0.479 e. The van der Waals surface area contributed by atoms with Crippen LogP contribution in [0, 0.1) is 0 Å². The van der Waals surface area contributed by atoms with Gasteiger partial charge in [-0.1, -0.05) is 36.4 Å². The van der Waals surface area contributed by atoms with Gasteiger partial charge in [-0.3, -0.25) is 4.79 Å². The number of hydrogen-bond acceptors (Lipinski definition) is 2. The number of amides is 1. The van der Waals surface area contributed by atoms with Crippen molar-refractivity contribution < 1.29 is 14.7 Å². The SMILES string of the molecule is CC(=O)NC(C)(C(=O)O)c1ccc2ccccc2c1. The van der Waals surface area contributed by atoms with Crippen LogP contribution >= 0.6 is 0 Å². The van der Waals surface area contributed by atoms with Crippen LogP contribution in [0.15, 0.2) is 42.5 Å². The van der Waals surface area contributed by atoms with Gasteiger partial charge in [0.05, 0.1) is 0 Å². The van der Waals surface area contributed by atoms with Crippen molar-refractivity contribution in [2.75, 3.05) is 0 Å². The number of carboxylic acids is 1. The first-order valence-electron chi connectivity index (χ1n) is 5.95. The molecule has 0 saturated carbocycles. The molecule has 2 aromatic carbocycles. The van der Waals surface area contributed by atoms with Gasteiger partial charge in [-0.25, -0.2) is 4.79 Å². The summed E-state index contributed by atoms with van der Waals surface area (Å²) in [5.74, 6) is -1.46. The van der Waals surface area contributed by atoms with Gasteiger partial charge in [0.1, 0.15) is 0 Å². The molecule has 0 aliphatic rings. The van der Waals surface area contributed by atoms with Crippen LogP contribution in [-0.4, -0.2) is 17.0 Å². The zero-order valence-electron chi connectivity index (χ0n) is 10.8. The minimum absolute atomic E-state index is 0.377. The average Bonchev–Trinajstić information content (AvgIpc) is 2.37. The Morgan fingerprint density at radius 1 is 1.11 bits per heavy atom. The van der Waals surface area contributed by atoms with Gasteiger partial charge in [0.25, 0.3) is 0 Å². The highest BCUT2D eigenvalue weighted by Crippen LogP contribution is 2.25. The van der Waals surface area contributed by atoms with E-state index in [1.54, 1.807) is 12.1 Å². The molecule has 0 saturated heterocycles. The molecular weight excluding hydrogens is 242 g/mol. The van der Waals surface area contributed by atoms with Gasteiger partial charge in [0.15, 0.2) is 5.54 Å². The lowest BCUT2D eigenvalue weighted by Crippen LogP contribution is -2.48. The summed E-state index contributed by atoms with van der Waals surface area (Å²) in [6.07, 6.45) is 0. The van der Waals surface area contributed by atoms with E-state index in [-0.39, 0.29) is 5.91 Å². The molecule has 0 bridgehead atoms. The number of benzene rings is 2.